The first kappa shape index (κ1) is 8.78. The van der Waals surface area contributed by atoms with E-state index < -0.39 is 0 Å². The number of carbonyl (C=O) groups excluding carboxylic acids is 1. The van der Waals surface area contributed by atoms with Crippen molar-refractivity contribution in [3.05, 3.63) is 0 Å². The molecule has 0 aliphatic carbocycles. The van der Waals surface area contributed by atoms with Gasteiger partial charge in [-0.05, 0) is 0 Å². The number of nitrogens with one attached hydrogen (secondary N) is 1. The van der Waals surface area contributed by atoms with Crippen molar-refractivity contribution in [2.75, 3.05) is 5.33 Å². The van der Waals surface area contributed by atoms with E-state index in [0.717, 1.165) is 0 Å². The standard InChI is InChI=1S/C3H5Br2NOS/c4-1-2(5)3(7)6-8/h2,8H,1H2,(H,6,7). The molecular formula is C3H5Br2NOS. The molecule has 0 radical (unpaired) electrons. The van der Waals surface area contributed by atoms with E-state index in [9.17, 15) is 4.79 Å². The molecule has 0 saturated heterocycles. The predicted octanol–water partition coefficient (Wildman–Crippen LogP) is 1.11. The number of rotatable bonds is 2. The summed E-state index contributed by atoms with van der Waals surface area (Å²) in [7, 11) is 0. The van der Waals surface area contributed by atoms with E-state index >= 15 is 0 Å². The molecule has 0 rings (SSSR count). The summed E-state index contributed by atoms with van der Waals surface area (Å²) in [5.41, 5.74) is 0. The molecule has 2 nitrogen and oxygen atoms in total. The number of alkyl halides is 2. The lowest BCUT2D eigenvalue weighted by Gasteiger charge is -1.99. The molecule has 0 aliphatic heterocycles. The third kappa shape index (κ3) is 2.94. The van der Waals surface area contributed by atoms with Crippen LogP contribution in [0.4, 0.5) is 0 Å². The lowest BCUT2D eigenvalue weighted by atomic mass is 10.5. The maximum atomic E-state index is 10.5. The fourth-order valence-corrected chi connectivity index (χ4v) is 0.881. The molecule has 0 fully saturated rings. The summed E-state index contributed by atoms with van der Waals surface area (Å²) in [6.07, 6.45) is 0. The Morgan fingerprint density at radius 3 is 2.50 bits per heavy atom. The summed E-state index contributed by atoms with van der Waals surface area (Å²) in [4.78, 5) is 10.3. The van der Waals surface area contributed by atoms with Crippen molar-refractivity contribution in [3.63, 3.8) is 0 Å². The van der Waals surface area contributed by atoms with E-state index in [1.54, 1.807) is 0 Å². The molecule has 1 unspecified atom stereocenters. The number of amides is 1. The molecule has 1 atom stereocenters. The molecule has 0 aliphatic rings. The van der Waals surface area contributed by atoms with Gasteiger partial charge in [-0.25, -0.2) is 0 Å². The van der Waals surface area contributed by atoms with Gasteiger partial charge in [0.1, 0.15) is 4.83 Å². The summed E-state index contributed by atoms with van der Waals surface area (Å²) >= 11 is 9.77. The monoisotopic (exact) mass is 261 g/mol. The maximum absolute atomic E-state index is 10.5. The zero-order valence-corrected chi connectivity index (χ0v) is 7.96. The van der Waals surface area contributed by atoms with Crippen LogP contribution in [-0.4, -0.2) is 16.1 Å². The van der Waals surface area contributed by atoms with Crippen LogP contribution < -0.4 is 4.72 Å². The second kappa shape index (κ2) is 4.64. The van der Waals surface area contributed by atoms with Gasteiger partial charge < -0.3 is 4.72 Å². The van der Waals surface area contributed by atoms with Crippen molar-refractivity contribution in [1.82, 2.24) is 4.72 Å². The van der Waals surface area contributed by atoms with Crippen LogP contribution in [-0.2, 0) is 4.79 Å². The number of hydrogen-bond donors (Lipinski definition) is 2. The molecule has 1 amide bonds. The van der Waals surface area contributed by atoms with Crippen molar-refractivity contribution < 1.29 is 4.79 Å². The van der Waals surface area contributed by atoms with Crippen LogP contribution >= 0.6 is 44.7 Å². The highest BCUT2D eigenvalue weighted by molar-refractivity contribution is 9.12. The van der Waals surface area contributed by atoms with E-state index in [2.05, 4.69) is 49.4 Å². The van der Waals surface area contributed by atoms with E-state index in [0.29, 0.717) is 5.33 Å². The van der Waals surface area contributed by atoms with Gasteiger partial charge in [-0.15, -0.1) is 0 Å². The second-order valence-electron chi connectivity index (χ2n) is 1.10. The first-order valence-electron chi connectivity index (χ1n) is 1.86. The molecule has 5 heteroatoms. The van der Waals surface area contributed by atoms with Crippen molar-refractivity contribution >= 4 is 50.6 Å². The Balaban J connectivity index is 3.46. The zero-order chi connectivity index (χ0) is 6.57. The number of carbonyl (C=O) groups is 1. The topological polar surface area (TPSA) is 29.1 Å². The smallest absolute Gasteiger partial charge is 0.244 e. The zero-order valence-electron chi connectivity index (χ0n) is 3.90. The summed E-state index contributed by atoms with van der Waals surface area (Å²) < 4.78 is 2.19. The molecule has 0 aromatic carbocycles. The molecule has 0 heterocycles. The van der Waals surface area contributed by atoms with Crippen molar-refractivity contribution in [2.45, 2.75) is 4.83 Å². The van der Waals surface area contributed by atoms with Gasteiger partial charge in [-0.2, -0.15) is 0 Å². The van der Waals surface area contributed by atoms with Gasteiger partial charge in [0.25, 0.3) is 0 Å². The average Bonchev–Trinajstić information content (AvgIpc) is 1.84. The van der Waals surface area contributed by atoms with Gasteiger partial charge in [-0.1, -0.05) is 44.7 Å². The first-order valence-corrected chi connectivity index (χ1v) is 4.34. The average molecular weight is 263 g/mol. The Kier molecular flexibility index (Phi) is 5.09. The SMILES string of the molecule is O=C(NS)C(Br)CBr. The van der Waals surface area contributed by atoms with Gasteiger partial charge in [0, 0.05) is 5.33 Å². The van der Waals surface area contributed by atoms with E-state index in [1.165, 1.54) is 0 Å². The third-order valence-corrected chi connectivity index (χ3v) is 3.01. The summed E-state index contributed by atoms with van der Waals surface area (Å²) in [5.74, 6) is -0.134. The van der Waals surface area contributed by atoms with Crippen LogP contribution in [0.3, 0.4) is 0 Å². The summed E-state index contributed by atoms with van der Waals surface area (Å²) in [6, 6.07) is 0. The highest BCUT2D eigenvalue weighted by atomic mass is 79.9. The minimum atomic E-state index is -0.181. The summed E-state index contributed by atoms with van der Waals surface area (Å²) in [6.45, 7) is 0. The van der Waals surface area contributed by atoms with Gasteiger partial charge in [0.15, 0.2) is 0 Å². The molecule has 0 spiro atoms. The van der Waals surface area contributed by atoms with Crippen LogP contribution in [0.1, 0.15) is 0 Å². The minimum Gasteiger partial charge on any atom is -0.302 e. The third-order valence-electron chi connectivity index (χ3n) is 0.530. The van der Waals surface area contributed by atoms with Gasteiger partial charge >= 0.3 is 0 Å². The van der Waals surface area contributed by atoms with Crippen LogP contribution in [0.2, 0.25) is 0 Å². The van der Waals surface area contributed by atoms with Crippen LogP contribution in [0.25, 0.3) is 0 Å². The predicted molar refractivity (Wildman–Crippen MR) is 43.6 cm³/mol. The molecule has 48 valence electrons. The Morgan fingerprint density at radius 1 is 1.88 bits per heavy atom. The van der Waals surface area contributed by atoms with Crippen molar-refractivity contribution in [3.8, 4) is 0 Å². The maximum Gasteiger partial charge on any atom is 0.244 e. The fourth-order valence-electron chi connectivity index (χ4n) is 0.140. The van der Waals surface area contributed by atoms with E-state index in [4.69, 9.17) is 0 Å². The number of thiol groups is 1. The van der Waals surface area contributed by atoms with E-state index in [-0.39, 0.29) is 10.7 Å². The lowest BCUT2D eigenvalue weighted by Crippen LogP contribution is -2.24. The summed E-state index contributed by atoms with van der Waals surface area (Å²) in [5, 5.41) is 0.597. The van der Waals surface area contributed by atoms with Crippen molar-refractivity contribution in [1.29, 1.82) is 0 Å². The minimum absolute atomic E-state index is 0.134. The number of hydrogen-bond acceptors (Lipinski definition) is 2. The fraction of sp³-hybridized carbons (Fsp3) is 0.667. The first-order chi connectivity index (χ1) is 3.72. The Labute approximate surface area is 70.2 Å². The molecule has 1 N–H and O–H groups in total. The molecule has 8 heavy (non-hydrogen) atoms. The lowest BCUT2D eigenvalue weighted by molar-refractivity contribution is -0.118. The van der Waals surface area contributed by atoms with Crippen LogP contribution in [0, 0.1) is 0 Å². The Morgan fingerprint density at radius 2 is 2.38 bits per heavy atom. The van der Waals surface area contributed by atoms with Gasteiger partial charge in [-0.3, -0.25) is 4.79 Å². The molecule has 0 bridgehead atoms. The molecule has 0 saturated carbocycles. The molecular weight excluding hydrogens is 258 g/mol. The number of halogens is 2. The Hall–Kier alpha value is 0.780. The molecule has 0 aromatic rings. The van der Waals surface area contributed by atoms with E-state index in [1.807, 2.05) is 0 Å². The highest BCUT2D eigenvalue weighted by Gasteiger charge is 2.09. The highest BCUT2D eigenvalue weighted by Crippen LogP contribution is 2.02. The van der Waals surface area contributed by atoms with Gasteiger partial charge in [0.2, 0.25) is 5.91 Å². The van der Waals surface area contributed by atoms with Crippen LogP contribution in [0.15, 0.2) is 0 Å². The van der Waals surface area contributed by atoms with Crippen LogP contribution in [0.5, 0.6) is 0 Å². The molecule has 0 aromatic heterocycles. The quantitative estimate of drug-likeness (QED) is 0.567. The second-order valence-corrected chi connectivity index (χ2v) is 3.07. The normalized spacial score (nSPS) is 12.9. The van der Waals surface area contributed by atoms with Gasteiger partial charge in [0.05, 0.1) is 0 Å². The largest absolute Gasteiger partial charge is 0.302 e. The van der Waals surface area contributed by atoms with Crippen molar-refractivity contribution in [2.24, 2.45) is 0 Å². The Bertz CT molecular complexity index is 89.4.